The Balaban J connectivity index is 1.70. The third kappa shape index (κ3) is 3.52. The molecule has 1 saturated heterocycles. The first kappa shape index (κ1) is 14.7. The van der Waals surface area contributed by atoms with Crippen molar-refractivity contribution in [1.29, 1.82) is 0 Å². The molecule has 3 rings (SSSR count). The lowest BCUT2D eigenvalue weighted by atomic mass is 10.2. The van der Waals surface area contributed by atoms with Gasteiger partial charge in [-0.2, -0.15) is 13.2 Å². The van der Waals surface area contributed by atoms with Crippen LogP contribution in [0.3, 0.4) is 0 Å². The van der Waals surface area contributed by atoms with Crippen molar-refractivity contribution >= 4 is 23.1 Å². The average Bonchev–Trinajstić information content (AvgIpc) is 3.12. The van der Waals surface area contributed by atoms with Gasteiger partial charge >= 0.3 is 6.18 Å². The molecule has 1 fully saturated rings. The number of tetrazole rings is 1. The predicted octanol–water partition coefficient (Wildman–Crippen LogP) is 2.48. The van der Waals surface area contributed by atoms with E-state index >= 15 is 0 Å². The maximum Gasteiger partial charge on any atom is 0.434 e. The Morgan fingerprint density at radius 1 is 1.48 bits per heavy atom. The van der Waals surface area contributed by atoms with E-state index in [4.69, 9.17) is 4.74 Å². The van der Waals surface area contributed by atoms with Crippen molar-refractivity contribution in [3.05, 3.63) is 11.1 Å². The first-order valence-corrected chi connectivity index (χ1v) is 7.80. The zero-order valence-corrected chi connectivity index (χ0v) is 12.2. The number of hydrogen-bond donors (Lipinski definition) is 0. The lowest BCUT2D eigenvalue weighted by molar-refractivity contribution is -0.141. The van der Waals surface area contributed by atoms with Crippen molar-refractivity contribution < 1.29 is 17.9 Å². The van der Waals surface area contributed by atoms with E-state index in [1.165, 1.54) is 4.68 Å². The third-order valence-electron chi connectivity index (χ3n) is 2.85. The summed E-state index contributed by atoms with van der Waals surface area (Å²) in [6.07, 6.45) is -2.45. The molecular weight excluding hydrogens is 327 g/mol. The van der Waals surface area contributed by atoms with Crippen LogP contribution in [0.2, 0.25) is 0 Å². The fraction of sp³-hybridized carbons (Fsp3) is 0.600. The summed E-state index contributed by atoms with van der Waals surface area (Å²) in [7, 11) is 0. The summed E-state index contributed by atoms with van der Waals surface area (Å²) in [5, 5.41) is 12.6. The molecule has 0 spiro atoms. The summed E-state index contributed by atoms with van der Waals surface area (Å²) >= 11 is 1.94. The third-order valence-corrected chi connectivity index (χ3v) is 4.77. The summed E-state index contributed by atoms with van der Waals surface area (Å²) in [4.78, 5) is 3.55. The van der Waals surface area contributed by atoms with Crippen molar-refractivity contribution in [2.45, 2.75) is 41.2 Å². The van der Waals surface area contributed by atoms with E-state index in [0.717, 1.165) is 47.9 Å². The number of halogens is 3. The van der Waals surface area contributed by atoms with Gasteiger partial charge in [0.25, 0.3) is 0 Å². The van der Waals surface area contributed by atoms with Gasteiger partial charge in [-0.05, 0) is 35.0 Å². The molecule has 0 aliphatic carbocycles. The monoisotopic (exact) mass is 337 g/mol. The van der Waals surface area contributed by atoms with E-state index in [1.807, 2.05) is 0 Å². The maximum atomic E-state index is 12.5. The second kappa shape index (κ2) is 5.89. The number of hydrogen-bond acceptors (Lipinski definition) is 7. The minimum atomic E-state index is -4.43. The fourth-order valence-electron chi connectivity index (χ4n) is 1.88. The lowest BCUT2D eigenvalue weighted by Crippen LogP contribution is -2.16. The topological polar surface area (TPSA) is 65.7 Å². The lowest BCUT2D eigenvalue weighted by Gasteiger charge is -2.09. The smallest absolute Gasteiger partial charge is 0.376 e. The van der Waals surface area contributed by atoms with Gasteiger partial charge in [0.05, 0.1) is 12.6 Å². The molecule has 1 atom stereocenters. The van der Waals surface area contributed by atoms with Gasteiger partial charge in [0.2, 0.25) is 5.16 Å². The highest BCUT2D eigenvalue weighted by Gasteiger charge is 2.34. The largest absolute Gasteiger partial charge is 0.434 e. The molecule has 3 heterocycles. The fourth-order valence-corrected chi connectivity index (χ4v) is 3.58. The molecule has 0 aromatic carbocycles. The van der Waals surface area contributed by atoms with Crippen LogP contribution in [0.15, 0.2) is 14.9 Å². The van der Waals surface area contributed by atoms with Crippen LogP contribution in [-0.2, 0) is 17.5 Å². The second-order valence-corrected chi connectivity index (χ2v) is 6.45. The van der Waals surface area contributed by atoms with E-state index < -0.39 is 11.9 Å². The van der Waals surface area contributed by atoms with Gasteiger partial charge in [0, 0.05) is 12.0 Å². The van der Waals surface area contributed by atoms with Gasteiger partial charge < -0.3 is 4.74 Å². The molecule has 21 heavy (non-hydrogen) atoms. The van der Waals surface area contributed by atoms with Gasteiger partial charge in [-0.1, -0.05) is 0 Å². The zero-order valence-electron chi connectivity index (χ0n) is 10.6. The van der Waals surface area contributed by atoms with Gasteiger partial charge in [-0.3, -0.25) is 0 Å². The zero-order chi connectivity index (χ0) is 14.9. The van der Waals surface area contributed by atoms with E-state index in [1.54, 1.807) is 0 Å². The Morgan fingerprint density at radius 3 is 3.00 bits per heavy atom. The van der Waals surface area contributed by atoms with Gasteiger partial charge in [-0.25, -0.2) is 9.67 Å². The SMILES string of the molecule is FC(F)(F)c1csc(Sc2nnnn2C[C@@H]2CCCO2)n1. The van der Waals surface area contributed by atoms with E-state index in [-0.39, 0.29) is 10.4 Å². The predicted molar refractivity (Wildman–Crippen MR) is 68.0 cm³/mol. The second-order valence-electron chi connectivity index (χ2n) is 4.38. The highest BCUT2D eigenvalue weighted by molar-refractivity contribution is 8.00. The quantitative estimate of drug-likeness (QED) is 0.854. The number of ether oxygens (including phenoxy) is 1. The van der Waals surface area contributed by atoms with Crippen molar-refractivity contribution in [2.75, 3.05) is 6.61 Å². The molecule has 2 aromatic heterocycles. The molecule has 114 valence electrons. The van der Waals surface area contributed by atoms with Crippen LogP contribution in [0.1, 0.15) is 18.5 Å². The average molecular weight is 337 g/mol. The Kier molecular flexibility index (Phi) is 4.13. The molecule has 0 unspecified atom stereocenters. The number of alkyl halides is 3. The van der Waals surface area contributed by atoms with Crippen molar-refractivity contribution in [3.63, 3.8) is 0 Å². The summed E-state index contributed by atoms with van der Waals surface area (Å²) in [6, 6.07) is 0. The Labute approximate surface area is 125 Å². The molecule has 0 N–H and O–H groups in total. The molecule has 2 aromatic rings. The van der Waals surface area contributed by atoms with Crippen LogP contribution in [0, 0.1) is 0 Å². The van der Waals surface area contributed by atoms with Gasteiger partial charge in [0.1, 0.15) is 0 Å². The highest BCUT2D eigenvalue weighted by Crippen LogP contribution is 2.35. The van der Waals surface area contributed by atoms with Crippen LogP contribution in [0.4, 0.5) is 13.2 Å². The summed E-state index contributed by atoms with van der Waals surface area (Å²) in [5.74, 6) is 0. The Bertz CT molecular complexity index is 608. The van der Waals surface area contributed by atoms with Crippen LogP contribution in [0.5, 0.6) is 0 Å². The van der Waals surface area contributed by atoms with E-state index in [9.17, 15) is 13.2 Å². The van der Waals surface area contributed by atoms with E-state index in [0.29, 0.717) is 11.7 Å². The number of nitrogens with zero attached hydrogens (tertiary/aromatic N) is 5. The van der Waals surface area contributed by atoms with E-state index in [2.05, 4.69) is 20.5 Å². The minimum absolute atomic E-state index is 0.0508. The first-order chi connectivity index (χ1) is 10.0. The highest BCUT2D eigenvalue weighted by atomic mass is 32.2. The molecular formula is C10H10F3N5OS2. The van der Waals surface area contributed by atoms with Crippen LogP contribution >= 0.6 is 23.1 Å². The van der Waals surface area contributed by atoms with Gasteiger partial charge in [-0.15, -0.1) is 16.4 Å². The molecule has 0 radical (unpaired) electrons. The molecule has 0 saturated carbocycles. The summed E-state index contributed by atoms with van der Waals surface area (Å²) in [6.45, 7) is 1.21. The molecule has 11 heteroatoms. The number of thiazole rings is 1. The molecule has 0 amide bonds. The van der Waals surface area contributed by atoms with Crippen LogP contribution < -0.4 is 0 Å². The minimum Gasteiger partial charge on any atom is -0.376 e. The molecule has 6 nitrogen and oxygen atoms in total. The number of aromatic nitrogens is 5. The van der Waals surface area contributed by atoms with Crippen LogP contribution in [0.25, 0.3) is 0 Å². The first-order valence-electron chi connectivity index (χ1n) is 6.11. The maximum absolute atomic E-state index is 12.5. The summed E-state index contributed by atoms with van der Waals surface area (Å²) < 4.78 is 44.8. The molecule has 0 bridgehead atoms. The van der Waals surface area contributed by atoms with Gasteiger partial charge in [0.15, 0.2) is 10.0 Å². The standard InChI is InChI=1S/C10H10F3N5OS2/c11-10(12,13)7-5-20-9(14-7)21-8-15-16-17-18(8)4-6-2-1-3-19-6/h5-6H,1-4H2/t6-/m0/s1. The molecule has 1 aliphatic heterocycles. The Hall–Kier alpha value is -1.20. The normalized spacial score (nSPS) is 19.3. The van der Waals surface area contributed by atoms with Crippen LogP contribution in [-0.4, -0.2) is 37.9 Å². The number of rotatable bonds is 4. The van der Waals surface area contributed by atoms with Crippen molar-refractivity contribution in [3.8, 4) is 0 Å². The Morgan fingerprint density at radius 2 is 2.33 bits per heavy atom. The summed E-state index contributed by atoms with van der Waals surface area (Å²) in [5.41, 5.74) is -0.895. The van der Waals surface area contributed by atoms with Crippen molar-refractivity contribution in [2.24, 2.45) is 0 Å². The molecule has 1 aliphatic rings. The van der Waals surface area contributed by atoms with Crippen molar-refractivity contribution in [1.82, 2.24) is 25.2 Å².